The Morgan fingerprint density at radius 2 is 1.76 bits per heavy atom. The summed E-state index contributed by atoms with van der Waals surface area (Å²) in [6, 6.07) is 3.91. The molecule has 0 saturated carbocycles. The van der Waals surface area contributed by atoms with E-state index >= 15 is 0 Å². The quantitative estimate of drug-likeness (QED) is 0.534. The molecule has 4 amide bonds. The molecule has 3 aliphatic rings. The molecule has 0 radical (unpaired) electrons. The van der Waals surface area contributed by atoms with E-state index in [1.165, 1.54) is 0 Å². The number of ether oxygens (including phenoxy) is 1. The van der Waals surface area contributed by atoms with E-state index in [1.54, 1.807) is 6.20 Å². The molecule has 2 N–H and O–H groups in total. The van der Waals surface area contributed by atoms with Gasteiger partial charge in [-0.3, -0.25) is 29.6 Å². The summed E-state index contributed by atoms with van der Waals surface area (Å²) in [6.07, 6.45) is 4.21. The van der Waals surface area contributed by atoms with Crippen LogP contribution >= 0.6 is 0 Å². The predicted octanol–water partition coefficient (Wildman–Crippen LogP) is 1.63. The van der Waals surface area contributed by atoms with Crippen LogP contribution in [0.1, 0.15) is 64.5 Å². The van der Waals surface area contributed by atoms with Gasteiger partial charge in [0, 0.05) is 64.7 Å². The van der Waals surface area contributed by atoms with Gasteiger partial charge >= 0.3 is 6.09 Å². The molecule has 3 aliphatic heterocycles. The van der Waals surface area contributed by atoms with Gasteiger partial charge in [0.05, 0.1) is 23.5 Å². The number of hydrogen-bond acceptors (Lipinski definition) is 8. The molecule has 0 aromatic carbocycles. The second-order valence-corrected chi connectivity index (χ2v) is 11.3. The molecule has 1 aromatic rings. The summed E-state index contributed by atoms with van der Waals surface area (Å²) >= 11 is 0. The number of carbonyl (C=O) groups is 4. The predicted molar refractivity (Wildman–Crippen MR) is 142 cm³/mol. The van der Waals surface area contributed by atoms with Crippen molar-refractivity contribution in [2.45, 2.75) is 70.4 Å². The number of imide groups is 1. The van der Waals surface area contributed by atoms with Crippen LogP contribution in [0.4, 0.5) is 10.5 Å². The number of anilines is 1. The van der Waals surface area contributed by atoms with Crippen LogP contribution in [-0.2, 0) is 19.1 Å². The Morgan fingerprint density at radius 1 is 1.05 bits per heavy atom. The van der Waals surface area contributed by atoms with Gasteiger partial charge in [-0.05, 0) is 52.2 Å². The number of nitrogens with zero attached hydrogens (tertiary/aromatic N) is 4. The molecule has 1 atom stereocenters. The van der Waals surface area contributed by atoms with Crippen molar-refractivity contribution in [2.75, 3.05) is 50.7 Å². The third-order valence-electron chi connectivity index (χ3n) is 7.31. The molecule has 11 nitrogen and oxygen atoms in total. The number of hydrogen-bond donors (Lipinski definition) is 2. The number of carbonyl (C=O) groups excluding carboxylic acids is 4. The minimum Gasteiger partial charge on any atom is -0.444 e. The number of piperidine rings is 2. The SMILES string of the molecule is CC(C)(C)OC(=O)NC1CCN(C(=O)CCN2CCN(c3ccc(C4CCC(=O)NC4=O)nc3)CC2)CC1. The van der Waals surface area contributed by atoms with Crippen LogP contribution in [0.5, 0.6) is 0 Å². The minimum atomic E-state index is -0.522. The number of pyridine rings is 1. The average Bonchev–Trinajstić information content (AvgIpc) is 2.87. The van der Waals surface area contributed by atoms with Gasteiger partial charge in [0.2, 0.25) is 17.7 Å². The molecule has 3 saturated heterocycles. The Labute approximate surface area is 224 Å². The Hall–Kier alpha value is -3.21. The Bertz CT molecular complexity index is 1010. The maximum atomic E-state index is 12.8. The van der Waals surface area contributed by atoms with E-state index in [0.717, 1.165) is 51.3 Å². The van der Waals surface area contributed by atoms with E-state index in [4.69, 9.17) is 4.74 Å². The summed E-state index contributed by atoms with van der Waals surface area (Å²) < 4.78 is 5.33. The van der Waals surface area contributed by atoms with Gasteiger partial charge in [-0.2, -0.15) is 0 Å². The van der Waals surface area contributed by atoms with Crippen LogP contribution in [0.3, 0.4) is 0 Å². The number of rotatable bonds is 6. The van der Waals surface area contributed by atoms with Crippen molar-refractivity contribution in [3.05, 3.63) is 24.0 Å². The zero-order valence-electron chi connectivity index (χ0n) is 22.7. The Kier molecular flexibility index (Phi) is 8.86. The minimum absolute atomic E-state index is 0.0366. The molecule has 4 heterocycles. The fraction of sp³-hybridized carbons (Fsp3) is 0.667. The normalized spacial score (nSPS) is 21.7. The highest BCUT2D eigenvalue weighted by molar-refractivity contribution is 6.00. The molecule has 1 unspecified atom stereocenters. The molecule has 0 spiro atoms. The lowest BCUT2D eigenvalue weighted by molar-refractivity contribution is -0.134. The highest BCUT2D eigenvalue weighted by Gasteiger charge is 2.29. The second kappa shape index (κ2) is 12.1. The molecule has 1 aromatic heterocycles. The fourth-order valence-corrected chi connectivity index (χ4v) is 5.16. The maximum Gasteiger partial charge on any atom is 0.407 e. The highest BCUT2D eigenvalue weighted by atomic mass is 16.6. The molecule has 38 heavy (non-hydrogen) atoms. The Morgan fingerprint density at radius 3 is 2.37 bits per heavy atom. The van der Waals surface area contributed by atoms with Gasteiger partial charge in [0.15, 0.2) is 0 Å². The van der Waals surface area contributed by atoms with E-state index in [0.29, 0.717) is 38.0 Å². The molecule has 0 aliphatic carbocycles. The van der Waals surface area contributed by atoms with Crippen molar-refractivity contribution in [1.82, 2.24) is 25.4 Å². The standard InChI is InChI=1S/C27H40N6O5/c1-27(2,3)38-26(37)29-19-8-12-33(13-9-19)24(35)10-11-31-14-16-32(17-15-31)20-4-6-22(28-18-20)21-5-7-23(34)30-25(21)36/h4,6,18-19,21H,5,7-17H2,1-3H3,(H,29,37)(H,30,34,36). The van der Waals surface area contributed by atoms with Crippen LogP contribution in [-0.4, -0.2) is 96.1 Å². The number of aromatic nitrogens is 1. The molecule has 11 heteroatoms. The molecule has 3 fully saturated rings. The number of amides is 4. The van der Waals surface area contributed by atoms with Gasteiger partial charge in [-0.15, -0.1) is 0 Å². The first-order chi connectivity index (χ1) is 18.1. The fourth-order valence-electron chi connectivity index (χ4n) is 5.16. The topological polar surface area (TPSA) is 124 Å². The molecular formula is C27H40N6O5. The van der Waals surface area contributed by atoms with Gasteiger partial charge in [0.25, 0.3) is 0 Å². The lowest BCUT2D eigenvalue weighted by Crippen LogP contribution is -2.49. The van der Waals surface area contributed by atoms with Crippen molar-refractivity contribution < 1.29 is 23.9 Å². The smallest absolute Gasteiger partial charge is 0.407 e. The molecule has 4 rings (SSSR count). The number of piperazine rings is 1. The van der Waals surface area contributed by atoms with Crippen LogP contribution in [0, 0.1) is 0 Å². The van der Waals surface area contributed by atoms with Crippen molar-refractivity contribution in [2.24, 2.45) is 0 Å². The van der Waals surface area contributed by atoms with Crippen LogP contribution in [0.15, 0.2) is 18.3 Å². The second-order valence-electron chi connectivity index (χ2n) is 11.3. The summed E-state index contributed by atoms with van der Waals surface area (Å²) in [5.41, 5.74) is 1.19. The van der Waals surface area contributed by atoms with Crippen LogP contribution in [0.25, 0.3) is 0 Å². The van der Waals surface area contributed by atoms with E-state index in [9.17, 15) is 19.2 Å². The average molecular weight is 529 g/mol. The zero-order chi connectivity index (χ0) is 27.3. The van der Waals surface area contributed by atoms with E-state index in [1.807, 2.05) is 37.8 Å². The first-order valence-electron chi connectivity index (χ1n) is 13.6. The number of nitrogens with one attached hydrogen (secondary N) is 2. The zero-order valence-corrected chi connectivity index (χ0v) is 22.7. The third kappa shape index (κ3) is 7.66. The van der Waals surface area contributed by atoms with E-state index < -0.39 is 11.7 Å². The summed E-state index contributed by atoms with van der Waals surface area (Å²) in [6.45, 7) is 11.0. The largest absolute Gasteiger partial charge is 0.444 e. The van der Waals surface area contributed by atoms with Crippen LogP contribution in [0.2, 0.25) is 0 Å². The van der Waals surface area contributed by atoms with Gasteiger partial charge in [-0.25, -0.2) is 4.79 Å². The van der Waals surface area contributed by atoms with Gasteiger partial charge in [-0.1, -0.05) is 0 Å². The molecule has 0 bridgehead atoms. The number of likely N-dealkylation sites (tertiary alicyclic amines) is 1. The third-order valence-corrected chi connectivity index (χ3v) is 7.31. The first-order valence-corrected chi connectivity index (χ1v) is 13.6. The monoisotopic (exact) mass is 528 g/mol. The lowest BCUT2D eigenvalue weighted by atomic mass is 9.94. The summed E-state index contributed by atoms with van der Waals surface area (Å²) in [5, 5.41) is 5.30. The highest BCUT2D eigenvalue weighted by Crippen LogP contribution is 2.25. The summed E-state index contributed by atoms with van der Waals surface area (Å²) in [7, 11) is 0. The van der Waals surface area contributed by atoms with Gasteiger partial charge in [0.1, 0.15) is 5.60 Å². The van der Waals surface area contributed by atoms with E-state index in [2.05, 4.69) is 25.4 Å². The first kappa shape index (κ1) is 27.8. The summed E-state index contributed by atoms with van der Waals surface area (Å²) in [5.74, 6) is -0.703. The van der Waals surface area contributed by atoms with Crippen molar-refractivity contribution in [3.63, 3.8) is 0 Å². The van der Waals surface area contributed by atoms with Gasteiger partial charge < -0.3 is 19.9 Å². The molecular weight excluding hydrogens is 488 g/mol. The van der Waals surface area contributed by atoms with E-state index in [-0.39, 0.29) is 29.7 Å². The van der Waals surface area contributed by atoms with Crippen molar-refractivity contribution in [1.29, 1.82) is 0 Å². The van der Waals surface area contributed by atoms with Crippen LogP contribution < -0.4 is 15.5 Å². The maximum absolute atomic E-state index is 12.8. The molecule has 208 valence electrons. The lowest BCUT2D eigenvalue weighted by Gasteiger charge is -2.37. The van der Waals surface area contributed by atoms with Crippen molar-refractivity contribution >= 4 is 29.5 Å². The Balaban J connectivity index is 1.14. The summed E-state index contributed by atoms with van der Waals surface area (Å²) in [4.78, 5) is 59.2. The number of alkyl carbamates (subject to hydrolysis) is 1. The van der Waals surface area contributed by atoms with Crippen molar-refractivity contribution in [3.8, 4) is 0 Å².